The Labute approximate surface area is 194 Å². The molecule has 0 bridgehead atoms. The van der Waals surface area contributed by atoms with Crippen molar-refractivity contribution in [3.8, 4) is 22.6 Å². The highest BCUT2D eigenvalue weighted by atomic mass is 35.5. The number of rotatable bonds is 4. The number of anilines is 1. The van der Waals surface area contributed by atoms with Gasteiger partial charge in [0.1, 0.15) is 5.75 Å². The zero-order chi connectivity index (χ0) is 23.3. The second-order valence-electron chi connectivity index (χ2n) is 8.22. The Morgan fingerprint density at radius 1 is 1.27 bits per heavy atom. The summed E-state index contributed by atoms with van der Waals surface area (Å²) in [5.74, 6) is -1.17. The number of nitrogens with zero attached hydrogens (tertiary/aromatic N) is 2. The highest BCUT2D eigenvalue weighted by Crippen LogP contribution is 2.46. The van der Waals surface area contributed by atoms with Crippen LogP contribution < -0.4 is 9.64 Å². The van der Waals surface area contributed by atoms with E-state index in [1.54, 1.807) is 11.0 Å². The van der Waals surface area contributed by atoms with Crippen molar-refractivity contribution in [2.45, 2.75) is 0 Å². The van der Waals surface area contributed by atoms with E-state index < -0.39 is 5.82 Å². The fourth-order valence-corrected chi connectivity index (χ4v) is 4.76. The fraction of sp³-hybridized carbons (Fsp3) is 0.200. The van der Waals surface area contributed by atoms with Crippen molar-refractivity contribution in [3.63, 3.8) is 0 Å². The Morgan fingerprint density at radius 3 is 2.79 bits per heavy atom. The molecule has 1 saturated heterocycles. The van der Waals surface area contributed by atoms with E-state index in [1.165, 1.54) is 23.1 Å². The largest absolute Gasteiger partial charge is 0.508 e. The molecule has 2 amide bonds. The smallest absolute Gasteiger partial charge is 0.265 e. The van der Waals surface area contributed by atoms with Gasteiger partial charge in [-0.25, -0.2) is 4.39 Å². The maximum atomic E-state index is 15.8. The van der Waals surface area contributed by atoms with E-state index in [1.807, 2.05) is 24.3 Å². The Kier molecular flexibility index (Phi) is 5.21. The number of hydrogen-bond donors (Lipinski definition) is 1. The molecule has 0 saturated carbocycles. The molecule has 0 radical (unpaired) electrons. The van der Waals surface area contributed by atoms with Crippen LogP contribution in [0.25, 0.3) is 21.9 Å². The van der Waals surface area contributed by atoms with Gasteiger partial charge in [-0.3, -0.25) is 9.59 Å². The van der Waals surface area contributed by atoms with E-state index in [-0.39, 0.29) is 52.1 Å². The number of carbonyl (C=O) groups is 2. The van der Waals surface area contributed by atoms with Gasteiger partial charge in [-0.1, -0.05) is 42.4 Å². The quantitative estimate of drug-likeness (QED) is 0.579. The van der Waals surface area contributed by atoms with Crippen LogP contribution in [-0.2, 0) is 9.59 Å². The summed E-state index contributed by atoms with van der Waals surface area (Å²) in [4.78, 5) is 27.4. The number of halogens is 2. The van der Waals surface area contributed by atoms with E-state index in [2.05, 4.69) is 6.58 Å². The zero-order valence-electron chi connectivity index (χ0n) is 17.6. The highest BCUT2D eigenvalue weighted by molar-refractivity contribution is 6.34. The minimum atomic E-state index is -0.692. The average Bonchev–Trinajstić information content (AvgIpc) is 2.76. The molecule has 0 atom stereocenters. The molecule has 168 valence electrons. The van der Waals surface area contributed by atoms with Crippen molar-refractivity contribution in [1.29, 1.82) is 0 Å². The number of aromatic hydroxyl groups is 1. The number of benzene rings is 3. The van der Waals surface area contributed by atoms with Crippen molar-refractivity contribution in [1.82, 2.24) is 4.90 Å². The molecule has 2 aliphatic rings. The number of phenolic OH excluding ortho intramolecular Hbond substituents is 1. The molecule has 33 heavy (non-hydrogen) atoms. The summed E-state index contributed by atoms with van der Waals surface area (Å²) >= 11 is 6.56. The molecule has 5 rings (SSSR count). The van der Waals surface area contributed by atoms with Gasteiger partial charge in [0.15, 0.2) is 18.2 Å². The minimum absolute atomic E-state index is 0.0155. The molecular formula is C25H20ClFN2O4. The lowest BCUT2D eigenvalue weighted by Crippen LogP contribution is -2.55. The van der Waals surface area contributed by atoms with Crippen LogP contribution >= 0.6 is 11.6 Å². The monoisotopic (exact) mass is 466 g/mol. The van der Waals surface area contributed by atoms with Crippen molar-refractivity contribution in [2.75, 3.05) is 31.1 Å². The summed E-state index contributed by atoms with van der Waals surface area (Å²) in [6.07, 6.45) is 1.26. The van der Waals surface area contributed by atoms with Gasteiger partial charge in [0.2, 0.25) is 5.91 Å². The predicted molar refractivity (Wildman–Crippen MR) is 124 cm³/mol. The lowest BCUT2D eigenvalue weighted by Gasteiger charge is -2.42. The molecule has 2 heterocycles. The molecular weight excluding hydrogens is 447 g/mol. The van der Waals surface area contributed by atoms with Gasteiger partial charge in [-0.2, -0.15) is 0 Å². The standard InChI is InChI=1S/C25H20ClFN2O4/c1-2-21(31)28-10-14(11-28)12-29-20-9-19(26)23(24(27)25(20)33-13-22(29)32)18-8-16(30)7-15-5-3-4-6-17(15)18/h2-9,14,30H,1,10-13H2. The second-order valence-corrected chi connectivity index (χ2v) is 8.62. The summed E-state index contributed by atoms with van der Waals surface area (Å²) in [5, 5.41) is 11.8. The normalized spacial score (nSPS) is 15.8. The van der Waals surface area contributed by atoms with Gasteiger partial charge in [0.05, 0.1) is 10.7 Å². The number of phenols is 1. The maximum absolute atomic E-state index is 15.8. The van der Waals surface area contributed by atoms with E-state index in [4.69, 9.17) is 16.3 Å². The molecule has 0 aliphatic carbocycles. The lowest BCUT2D eigenvalue weighted by atomic mass is 9.95. The van der Waals surface area contributed by atoms with Crippen molar-refractivity contribution in [2.24, 2.45) is 5.92 Å². The molecule has 0 spiro atoms. The SMILES string of the molecule is C=CC(=O)N1CC(CN2C(=O)COc3c2cc(Cl)c(-c2cc(O)cc4ccccc24)c3F)C1. The summed E-state index contributed by atoms with van der Waals surface area (Å²) in [5.41, 5.74) is 0.791. The van der Waals surface area contributed by atoms with Crippen LogP contribution in [0.5, 0.6) is 11.5 Å². The van der Waals surface area contributed by atoms with Crippen LogP contribution in [0.3, 0.4) is 0 Å². The van der Waals surface area contributed by atoms with Crippen molar-refractivity contribution < 1.29 is 23.8 Å². The maximum Gasteiger partial charge on any atom is 0.265 e. The fourth-order valence-electron chi connectivity index (χ4n) is 4.47. The molecule has 8 heteroatoms. The third-order valence-electron chi connectivity index (χ3n) is 6.09. The van der Waals surface area contributed by atoms with E-state index >= 15 is 4.39 Å². The number of hydrogen-bond acceptors (Lipinski definition) is 4. The number of amides is 2. The van der Waals surface area contributed by atoms with Crippen LogP contribution in [0.15, 0.2) is 55.1 Å². The van der Waals surface area contributed by atoms with Crippen LogP contribution in [0.4, 0.5) is 10.1 Å². The van der Waals surface area contributed by atoms with Crippen LogP contribution in [0, 0.1) is 11.7 Å². The highest BCUT2D eigenvalue weighted by Gasteiger charge is 2.37. The molecule has 3 aromatic carbocycles. The summed E-state index contributed by atoms with van der Waals surface area (Å²) < 4.78 is 21.3. The molecule has 1 fully saturated rings. The first-order chi connectivity index (χ1) is 15.9. The van der Waals surface area contributed by atoms with Gasteiger partial charge in [-0.05, 0) is 40.6 Å². The first kappa shape index (κ1) is 21.3. The predicted octanol–water partition coefficient (Wildman–Crippen LogP) is 4.37. The zero-order valence-corrected chi connectivity index (χ0v) is 18.3. The van der Waals surface area contributed by atoms with Crippen LogP contribution in [0.2, 0.25) is 5.02 Å². The average molecular weight is 467 g/mol. The molecule has 1 N–H and O–H groups in total. The Hall–Kier alpha value is -3.58. The van der Waals surface area contributed by atoms with Crippen molar-refractivity contribution >= 4 is 39.9 Å². The van der Waals surface area contributed by atoms with Gasteiger partial charge < -0.3 is 19.6 Å². The third-order valence-corrected chi connectivity index (χ3v) is 6.38. The summed E-state index contributed by atoms with van der Waals surface area (Å²) in [6.45, 7) is 4.49. The number of ether oxygens (including phenoxy) is 1. The lowest BCUT2D eigenvalue weighted by molar-refractivity contribution is -0.131. The topological polar surface area (TPSA) is 70.1 Å². The van der Waals surface area contributed by atoms with Gasteiger partial charge in [0, 0.05) is 31.1 Å². The van der Waals surface area contributed by atoms with Crippen molar-refractivity contribution in [3.05, 3.63) is 66.0 Å². The molecule has 6 nitrogen and oxygen atoms in total. The van der Waals surface area contributed by atoms with E-state index in [9.17, 15) is 14.7 Å². The first-order valence-corrected chi connectivity index (χ1v) is 10.8. The van der Waals surface area contributed by atoms with E-state index in [0.29, 0.717) is 25.2 Å². The Morgan fingerprint density at radius 2 is 2.03 bits per heavy atom. The summed E-state index contributed by atoms with van der Waals surface area (Å²) in [7, 11) is 0. The van der Waals surface area contributed by atoms with Gasteiger partial charge >= 0.3 is 0 Å². The molecule has 0 unspecified atom stereocenters. The number of carbonyl (C=O) groups excluding carboxylic acids is 2. The van der Waals surface area contributed by atoms with Gasteiger partial charge in [-0.15, -0.1) is 0 Å². The van der Waals surface area contributed by atoms with Gasteiger partial charge in [0.25, 0.3) is 5.91 Å². The summed E-state index contributed by atoms with van der Waals surface area (Å²) in [6, 6.07) is 11.9. The number of fused-ring (bicyclic) bond motifs is 2. The molecule has 2 aliphatic heterocycles. The minimum Gasteiger partial charge on any atom is -0.508 e. The van der Waals surface area contributed by atoms with E-state index in [0.717, 1.165) is 10.8 Å². The molecule has 0 aromatic heterocycles. The Bertz CT molecular complexity index is 1320. The van der Waals surface area contributed by atoms with Crippen LogP contribution in [-0.4, -0.2) is 48.1 Å². The first-order valence-electron chi connectivity index (χ1n) is 10.5. The third kappa shape index (κ3) is 3.58. The van der Waals surface area contributed by atoms with Crippen LogP contribution in [0.1, 0.15) is 0 Å². The second kappa shape index (κ2) is 8.08. The number of likely N-dealkylation sites (tertiary alicyclic amines) is 1. The Balaban J connectivity index is 1.54. The molecule has 3 aromatic rings.